The van der Waals surface area contributed by atoms with Gasteiger partial charge in [0.1, 0.15) is 11.6 Å². The zero-order valence-corrected chi connectivity index (χ0v) is 20.3. The Hall–Kier alpha value is -1.50. The molecule has 10 nitrogen and oxygen atoms in total. The maximum atomic E-state index is 13.1. The first kappa shape index (κ1) is 26.7. The van der Waals surface area contributed by atoms with Gasteiger partial charge in [0.2, 0.25) is 0 Å². The molecular formula is C20H30O10S2. The minimum absolute atomic E-state index is 0.119. The molecule has 32 heavy (non-hydrogen) atoms. The second kappa shape index (κ2) is 9.40. The lowest BCUT2D eigenvalue weighted by molar-refractivity contribution is -0.135. The molecule has 4 unspecified atom stereocenters. The van der Waals surface area contributed by atoms with Crippen molar-refractivity contribution < 1.29 is 44.7 Å². The number of carbonyl (C=O) groups excluding carboxylic acids is 4. The van der Waals surface area contributed by atoms with Crippen molar-refractivity contribution in [1.29, 1.82) is 0 Å². The van der Waals surface area contributed by atoms with Gasteiger partial charge in [-0.15, -0.1) is 0 Å². The van der Waals surface area contributed by atoms with E-state index in [1.807, 2.05) is 0 Å². The largest absolute Gasteiger partial charge is 0.308 e. The van der Waals surface area contributed by atoms with Gasteiger partial charge in [0.25, 0.3) is 0 Å². The fraction of sp³-hybridized carbons (Fsp3) is 0.800. The lowest BCUT2D eigenvalue weighted by Crippen LogP contribution is -2.58. The Morgan fingerprint density at radius 2 is 0.938 bits per heavy atom. The summed E-state index contributed by atoms with van der Waals surface area (Å²) in [6.07, 6.45) is 1.43. The van der Waals surface area contributed by atoms with E-state index >= 15 is 0 Å². The van der Waals surface area contributed by atoms with Crippen LogP contribution in [-0.2, 0) is 48.1 Å². The third-order valence-electron chi connectivity index (χ3n) is 6.98. The highest BCUT2D eigenvalue weighted by Gasteiger charge is 2.61. The zero-order chi connectivity index (χ0) is 24.5. The van der Waals surface area contributed by atoms with Gasteiger partial charge in [-0.3, -0.25) is 19.2 Å². The van der Waals surface area contributed by atoms with Crippen LogP contribution in [0.2, 0.25) is 0 Å². The first-order chi connectivity index (χ1) is 14.7. The Kier molecular flexibility index (Phi) is 7.85. The number of hydrogen-bond donors (Lipinski definition) is 0. The maximum absolute atomic E-state index is 13.1. The topological polar surface area (TPSA) is 155 Å². The summed E-state index contributed by atoms with van der Waals surface area (Å²) in [6, 6.07) is 0. The van der Waals surface area contributed by atoms with E-state index in [1.54, 1.807) is 0 Å². The van der Waals surface area contributed by atoms with Gasteiger partial charge >= 0.3 is 20.2 Å². The molecule has 2 aliphatic rings. The van der Waals surface area contributed by atoms with Crippen molar-refractivity contribution in [2.24, 2.45) is 11.8 Å². The molecule has 0 heterocycles. The fourth-order valence-electron chi connectivity index (χ4n) is 5.34. The molecule has 182 valence electrons. The molecule has 0 aromatic heterocycles. The average Bonchev–Trinajstić information content (AvgIpc) is 2.71. The molecule has 2 saturated carbocycles. The van der Waals surface area contributed by atoms with Gasteiger partial charge in [-0.05, 0) is 53.4 Å². The molecule has 0 saturated heterocycles. The van der Waals surface area contributed by atoms with Gasteiger partial charge in [0.15, 0.2) is 21.1 Å². The normalized spacial score (nSPS) is 31.6. The molecule has 0 N–H and O–H groups in total. The molecule has 2 aliphatic carbocycles. The molecule has 4 atom stereocenters. The summed E-state index contributed by atoms with van der Waals surface area (Å²) in [5, 5.41) is 0. The van der Waals surface area contributed by atoms with Gasteiger partial charge in [-0.2, -0.15) is 16.8 Å². The standard InChI is InChI=1S/C20H30O10S2/c1-13(21)17-9-5-7-11-19(17,15(3)23)31(25,26)29-30-32(27,28)20(16(4)24)12-8-6-10-18(20)14(2)22/h17-18H,5-12H2,1-4H3. The molecule has 0 spiro atoms. The summed E-state index contributed by atoms with van der Waals surface area (Å²) in [5.41, 5.74) is 0. The second-order valence-electron chi connectivity index (χ2n) is 8.75. The van der Waals surface area contributed by atoms with Crippen molar-refractivity contribution in [3.8, 4) is 0 Å². The Labute approximate surface area is 188 Å². The van der Waals surface area contributed by atoms with E-state index in [1.165, 1.54) is 0 Å². The van der Waals surface area contributed by atoms with Crippen LogP contribution in [-0.4, -0.2) is 49.5 Å². The van der Waals surface area contributed by atoms with Crippen molar-refractivity contribution in [1.82, 2.24) is 0 Å². The number of carbonyl (C=O) groups is 4. The lowest BCUT2D eigenvalue weighted by atomic mass is 9.74. The first-order valence-corrected chi connectivity index (χ1v) is 13.4. The Bertz CT molecular complexity index is 931. The van der Waals surface area contributed by atoms with Crippen LogP contribution in [0.1, 0.15) is 79.1 Å². The summed E-state index contributed by atoms with van der Waals surface area (Å²) in [6.45, 7) is 4.32. The van der Waals surface area contributed by atoms with E-state index in [0.717, 1.165) is 27.7 Å². The van der Waals surface area contributed by atoms with E-state index in [9.17, 15) is 36.0 Å². The molecule has 0 aromatic carbocycles. The van der Waals surface area contributed by atoms with Gasteiger partial charge < -0.3 is 0 Å². The summed E-state index contributed by atoms with van der Waals surface area (Å²) >= 11 is 0. The molecule has 0 amide bonds. The minimum Gasteiger partial charge on any atom is -0.300 e. The summed E-state index contributed by atoms with van der Waals surface area (Å²) in [4.78, 5) is 49.3. The highest BCUT2D eigenvalue weighted by atomic mass is 32.2. The minimum atomic E-state index is -5.07. The van der Waals surface area contributed by atoms with Gasteiger partial charge in [0.05, 0.1) is 0 Å². The molecule has 12 heteroatoms. The third-order valence-corrected chi connectivity index (χ3v) is 10.9. The number of hydrogen-bond acceptors (Lipinski definition) is 10. The van der Waals surface area contributed by atoms with Gasteiger partial charge in [0, 0.05) is 11.8 Å². The van der Waals surface area contributed by atoms with Crippen molar-refractivity contribution in [2.45, 2.75) is 88.6 Å². The van der Waals surface area contributed by atoms with Crippen molar-refractivity contribution in [3.05, 3.63) is 0 Å². The Balaban J connectivity index is 2.49. The highest BCUT2D eigenvalue weighted by Crippen LogP contribution is 2.45. The Morgan fingerprint density at radius 1 is 0.625 bits per heavy atom. The van der Waals surface area contributed by atoms with Crippen molar-refractivity contribution in [3.63, 3.8) is 0 Å². The summed E-state index contributed by atoms with van der Waals surface area (Å²) < 4.78 is 57.0. The van der Waals surface area contributed by atoms with Crippen LogP contribution in [0.15, 0.2) is 0 Å². The average molecular weight is 495 g/mol. The zero-order valence-electron chi connectivity index (χ0n) is 18.7. The smallest absolute Gasteiger partial charge is 0.300 e. The van der Waals surface area contributed by atoms with E-state index in [2.05, 4.69) is 8.67 Å². The second-order valence-corrected chi connectivity index (χ2v) is 12.3. The number of rotatable bonds is 9. The van der Waals surface area contributed by atoms with E-state index < -0.39 is 64.7 Å². The molecule has 0 radical (unpaired) electrons. The molecule has 0 bridgehead atoms. The van der Waals surface area contributed by atoms with Gasteiger partial charge in [-0.25, -0.2) is 0 Å². The molecule has 0 aromatic rings. The molecular weight excluding hydrogens is 464 g/mol. The van der Waals surface area contributed by atoms with Crippen LogP contribution in [0.3, 0.4) is 0 Å². The number of Topliss-reactive ketones (excluding diaryl/α,β-unsaturated/α-hetero) is 4. The monoisotopic (exact) mass is 494 g/mol. The van der Waals surface area contributed by atoms with Crippen LogP contribution in [0.25, 0.3) is 0 Å². The summed E-state index contributed by atoms with van der Waals surface area (Å²) in [5.74, 6) is -5.24. The third kappa shape index (κ3) is 4.22. The highest BCUT2D eigenvalue weighted by molar-refractivity contribution is 7.91. The predicted molar refractivity (Wildman–Crippen MR) is 112 cm³/mol. The summed E-state index contributed by atoms with van der Waals surface area (Å²) in [7, 11) is -10.1. The molecule has 2 rings (SSSR count). The predicted octanol–water partition coefficient (Wildman–Crippen LogP) is 1.81. The lowest BCUT2D eigenvalue weighted by Gasteiger charge is -2.40. The molecule has 0 aliphatic heterocycles. The van der Waals surface area contributed by atoms with Crippen LogP contribution >= 0.6 is 0 Å². The Morgan fingerprint density at radius 3 is 1.19 bits per heavy atom. The van der Waals surface area contributed by atoms with Crippen LogP contribution in [0, 0.1) is 11.8 Å². The SMILES string of the molecule is CC(=O)C1CCCCC1(C(C)=O)S(=O)(=O)OOS(=O)(=O)C1(C(C)=O)CCCCC1C(C)=O. The fourth-order valence-corrected chi connectivity index (χ4v) is 8.92. The quantitative estimate of drug-likeness (QED) is 0.342. The van der Waals surface area contributed by atoms with Gasteiger partial charge in [-0.1, -0.05) is 34.4 Å². The number of ketones is 4. The first-order valence-electron chi connectivity index (χ1n) is 10.6. The maximum Gasteiger partial charge on any atom is 0.308 e. The molecule has 2 fully saturated rings. The van der Waals surface area contributed by atoms with Crippen LogP contribution in [0.4, 0.5) is 0 Å². The van der Waals surface area contributed by atoms with Crippen molar-refractivity contribution in [2.75, 3.05) is 0 Å². The van der Waals surface area contributed by atoms with Crippen molar-refractivity contribution >= 4 is 43.4 Å². The van der Waals surface area contributed by atoms with E-state index in [4.69, 9.17) is 0 Å². The van der Waals surface area contributed by atoms with E-state index in [-0.39, 0.29) is 25.7 Å². The van der Waals surface area contributed by atoms with Crippen LogP contribution in [0.5, 0.6) is 0 Å². The van der Waals surface area contributed by atoms with Crippen LogP contribution < -0.4 is 0 Å². The van der Waals surface area contributed by atoms with E-state index in [0.29, 0.717) is 25.7 Å².